The molecule has 1 rings (SSSR count). The van der Waals surface area contributed by atoms with Crippen LogP contribution in [0.25, 0.3) is 0 Å². The number of anilines is 1. The Morgan fingerprint density at radius 2 is 2.00 bits per heavy atom. The zero-order valence-electron chi connectivity index (χ0n) is 9.66. The normalized spacial score (nSPS) is 11.2. The molecule has 0 atom stereocenters. The van der Waals surface area contributed by atoms with Gasteiger partial charge < -0.3 is 11.1 Å². The van der Waals surface area contributed by atoms with Crippen molar-refractivity contribution in [2.45, 2.75) is 19.8 Å². The Hall–Kier alpha value is -1.84. The van der Waals surface area contributed by atoms with E-state index >= 15 is 0 Å². The number of amidine groups is 1. The van der Waals surface area contributed by atoms with Crippen molar-refractivity contribution in [3.8, 4) is 0 Å². The number of hydrogen-bond acceptors (Lipinski definition) is 3. The fourth-order valence-corrected chi connectivity index (χ4v) is 1.32. The highest BCUT2D eigenvalue weighted by atomic mass is 16.1. The summed E-state index contributed by atoms with van der Waals surface area (Å²) in [5, 5.41) is 2.77. The predicted molar refractivity (Wildman–Crippen MR) is 66.4 cm³/mol. The smallest absolute Gasteiger partial charge is 0.225 e. The molecule has 0 aromatic heterocycles. The van der Waals surface area contributed by atoms with Crippen LogP contribution in [-0.4, -0.2) is 18.8 Å². The Bertz CT molecular complexity index is 382. The number of carbonyl (C=O) groups excluding carboxylic acids is 1. The standard InChI is InChI=1S/C12H17N3O/c1-3-4-11(16)15-12(14-2)9-5-7-10(13)8-6-9/h5-8H,3-4,13H2,1-2H3,(H,14,15,16). The van der Waals surface area contributed by atoms with Gasteiger partial charge >= 0.3 is 0 Å². The van der Waals surface area contributed by atoms with E-state index in [-0.39, 0.29) is 5.91 Å². The number of amides is 1. The second-order valence-electron chi connectivity index (χ2n) is 3.49. The second kappa shape index (κ2) is 5.90. The van der Waals surface area contributed by atoms with Gasteiger partial charge in [0, 0.05) is 24.7 Å². The summed E-state index contributed by atoms with van der Waals surface area (Å²) in [5.74, 6) is 0.568. The fourth-order valence-electron chi connectivity index (χ4n) is 1.32. The molecule has 86 valence electrons. The van der Waals surface area contributed by atoms with Gasteiger partial charge in [-0.25, -0.2) is 0 Å². The molecule has 0 saturated carbocycles. The lowest BCUT2D eigenvalue weighted by atomic mass is 10.2. The van der Waals surface area contributed by atoms with Crippen molar-refractivity contribution in [1.29, 1.82) is 0 Å². The zero-order chi connectivity index (χ0) is 12.0. The average molecular weight is 219 g/mol. The van der Waals surface area contributed by atoms with Gasteiger partial charge in [0.25, 0.3) is 0 Å². The Labute approximate surface area is 95.6 Å². The highest BCUT2D eigenvalue weighted by Crippen LogP contribution is 2.06. The van der Waals surface area contributed by atoms with E-state index in [1.807, 2.05) is 19.1 Å². The van der Waals surface area contributed by atoms with Crippen molar-refractivity contribution in [3.05, 3.63) is 29.8 Å². The van der Waals surface area contributed by atoms with E-state index in [9.17, 15) is 4.79 Å². The molecule has 1 amide bonds. The van der Waals surface area contributed by atoms with Crippen molar-refractivity contribution in [1.82, 2.24) is 5.32 Å². The van der Waals surface area contributed by atoms with Crippen LogP contribution in [0.4, 0.5) is 5.69 Å². The number of rotatable bonds is 3. The molecule has 1 aromatic rings. The quantitative estimate of drug-likeness (QED) is 0.460. The molecule has 4 heteroatoms. The number of nitrogens with zero attached hydrogens (tertiary/aromatic N) is 1. The van der Waals surface area contributed by atoms with Crippen LogP contribution in [0.3, 0.4) is 0 Å². The third-order valence-electron chi connectivity index (χ3n) is 2.14. The summed E-state index contributed by atoms with van der Waals surface area (Å²) >= 11 is 0. The Morgan fingerprint density at radius 3 is 2.50 bits per heavy atom. The van der Waals surface area contributed by atoms with Crippen LogP contribution in [0.15, 0.2) is 29.3 Å². The minimum atomic E-state index is -0.0140. The number of aliphatic imine (C=N–C) groups is 1. The molecule has 0 aliphatic heterocycles. The van der Waals surface area contributed by atoms with Gasteiger partial charge in [-0.15, -0.1) is 0 Å². The topological polar surface area (TPSA) is 67.5 Å². The molecule has 0 spiro atoms. The molecule has 0 bridgehead atoms. The molecule has 0 heterocycles. The Morgan fingerprint density at radius 1 is 1.38 bits per heavy atom. The predicted octanol–water partition coefficient (Wildman–Crippen LogP) is 1.56. The van der Waals surface area contributed by atoms with Gasteiger partial charge in [-0.1, -0.05) is 6.92 Å². The van der Waals surface area contributed by atoms with Crippen molar-refractivity contribution in [3.63, 3.8) is 0 Å². The number of benzene rings is 1. The maximum Gasteiger partial charge on any atom is 0.225 e. The Balaban J connectivity index is 2.76. The highest BCUT2D eigenvalue weighted by molar-refractivity contribution is 6.07. The summed E-state index contributed by atoms with van der Waals surface area (Å²) in [5.41, 5.74) is 7.15. The van der Waals surface area contributed by atoms with Gasteiger partial charge in [0.1, 0.15) is 5.84 Å². The van der Waals surface area contributed by atoms with Crippen LogP contribution < -0.4 is 11.1 Å². The van der Waals surface area contributed by atoms with E-state index < -0.39 is 0 Å². The van der Waals surface area contributed by atoms with Gasteiger partial charge in [-0.05, 0) is 30.7 Å². The van der Waals surface area contributed by atoms with Gasteiger partial charge in [0.2, 0.25) is 5.91 Å². The number of carbonyl (C=O) groups is 1. The first-order valence-electron chi connectivity index (χ1n) is 5.30. The maximum atomic E-state index is 11.4. The summed E-state index contributed by atoms with van der Waals surface area (Å²) in [7, 11) is 1.65. The van der Waals surface area contributed by atoms with Gasteiger partial charge in [-0.2, -0.15) is 0 Å². The molecule has 0 saturated heterocycles. The molecular formula is C12H17N3O. The average Bonchev–Trinajstić information content (AvgIpc) is 2.27. The lowest BCUT2D eigenvalue weighted by Gasteiger charge is -2.08. The first-order chi connectivity index (χ1) is 7.67. The number of hydrogen-bond donors (Lipinski definition) is 2. The molecule has 0 aliphatic carbocycles. The number of nitrogens with two attached hydrogens (primary N) is 1. The van der Waals surface area contributed by atoms with Crippen LogP contribution >= 0.6 is 0 Å². The van der Waals surface area contributed by atoms with Crippen LogP contribution in [0.2, 0.25) is 0 Å². The molecular weight excluding hydrogens is 202 g/mol. The van der Waals surface area contributed by atoms with E-state index in [4.69, 9.17) is 5.73 Å². The lowest BCUT2D eigenvalue weighted by molar-refractivity contribution is -0.119. The Kier molecular flexibility index (Phi) is 4.51. The van der Waals surface area contributed by atoms with E-state index in [0.29, 0.717) is 17.9 Å². The van der Waals surface area contributed by atoms with Gasteiger partial charge in [-0.3, -0.25) is 9.79 Å². The van der Waals surface area contributed by atoms with E-state index in [2.05, 4.69) is 10.3 Å². The molecule has 1 aromatic carbocycles. The monoisotopic (exact) mass is 219 g/mol. The van der Waals surface area contributed by atoms with Crippen LogP contribution in [0.5, 0.6) is 0 Å². The third kappa shape index (κ3) is 3.38. The number of nitrogen functional groups attached to an aromatic ring is 1. The second-order valence-corrected chi connectivity index (χ2v) is 3.49. The summed E-state index contributed by atoms with van der Waals surface area (Å²) in [6, 6.07) is 7.24. The molecule has 0 aliphatic rings. The SMILES string of the molecule is CCCC(=O)NC(=NC)c1ccc(N)cc1. The van der Waals surface area contributed by atoms with Gasteiger partial charge in [0.05, 0.1) is 0 Å². The van der Waals surface area contributed by atoms with Crippen molar-refractivity contribution in [2.24, 2.45) is 4.99 Å². The van der Waals surface area contributed by atoms with Crippen molar-refractivity contribution in [2.75, 3.05) is 12.8 Å². The van der Waals surface area contributed by atoms with Crippen molar-refractivity contribution >= 4 is 17.4 Å². The summed E-state index contributed by atoms with van der Waals surface area (Å²) < 4.78 is 0. The zero-order valence-corrected chi connectivity index (χ0v) is 9.66. The molecule has 0 unspecified atom stereocenters. The molecule has 4 nitrogen and oxygen atoms in total. The third-order valence-corrected chi connectivity index (χ3v) is 2.14. The van der Waals surface area contributed by atoms with Crippen molar-refractivity contribution < 1.29 is 4.79 Å². The van der Waals surface area contributed by atoms with Gasteiger partial charge in [0.15, 0.2) is 0 Å². The molecule has 0 radical (unpaired) electrons. The van der Waals surface area contributed by atoms with Crippen LogP contribution in [0, 0.1) is 0 Å². The van der Waals surface area contributed by atoms with E-state index in [1.165, 1.54) is 0 Å². The molecule has 3 N–H and O–H groups in total. The molecule has 16 heavy (non-hydrogen) atoms. The minimum Gasteiger partial charge on any atom is -0.399 e. The summed E-state index contributed by atoms with van der Waals surface area (Å²) in [6.45, 7) is 1.96. The van der Waals surface area contributed by atoms with E-state index in [1.54, 1.807) is 19.2 Å². The highest BCUT2D eigenvalue weighted by Gasteiger charge is 2.06. The number of nitrogens with one attached hydrogen (secondary N) is 1. The minimum absolute atomic E-state index is 0.0140. The summed E-state index contributed by atoms with van der Waals surface area (Å²) in [6.07, 6.45) is 1.33. The fraction of sp³-hybridized carbons (Fsp3) is 0.333. The van der Waals surface area contributed by atoms with E-state index in [0.717, 1.165) is 12.0 Å². The first kappa shape index (κ1) is 12.2. The summed E-state index contributed by atoms with van der Waals surface area (Å²) in [4.78, 5) is 15.5. The first-order valence-corrected chi connectivity index (χ1v) is 5.30. The lowest BCUT2D eigenvalue weighted by Crippen LogP contribution is -2.30. The van der Waals surface area contributed by atoms with Crippen LogP contribution in [0.1, 0.15) is 25.3 Å². The maximum absolute atomic E-state index is 11.4. The van der Waals surface area contributed by atoms with Crippen LogP contribution in [-0.2, 0) is 4.79 Å². The largest absolute Gasteiger partial charge is 0.399 e. The molecule has 0 fully saturated rings.